The van der Waals surface area contributed by atoms with Gasteiger partial charge >= 0.3 is 5.97 Å². The minimum Gasteiger partial charge on any atom is -0.480 e. The lowest BCUT2D eigenvalue weighted by Gasteiger charge is -2.58. The molecule has 4 heteroatoms. The predicted octanol–water partition coefficient (Wildman–Crippen LogP) is 0.681. The SMILES string of the molecule is NC1(C(=O)O)CC2(CC(F)C2)C1. The molecule has 3 nitrogen and oxygen atoms in total. The third-order valence-corrected chi connectivity index (χ3v) is 3.12. The molecule has 0 aromatic heterocycles. The zero-order chi connectivity index (χ0) is 8.98. The Bertz CT molecular complexity index is 227. The van der Waals surface area contributed by atoms with Crippen molar-refractivity contribution < 1.29 is 14.3 Å². The van der Waals surface area contributed by atoms with Crippen LogP contribution in [0.3, 0.4) is 0 Å². The Balaban J connectivity index is 1.95. The van der Waals surface area contributed by atoms with Crippen molar-refractivity contribution in [1.82, 2.24) is 0 Å². The smallest absolute Gasteiger partial charge is 0.323 e. The van der Waals surface area contributed by atoms with Crippen LogP contribution in [0.25, 0.3) is 0 Å². The molecule has 2 rings (SSSR count). The van der Waals surface area contributed by atoms with Gasteiger partial charge < -0.3 is 10.8 Å². The Labute approximate surface area is 69.7 Å². The molecule has 0 aromatic carbocycles. The van der Waals surface area contributed by atoms with Crippen LogP contribution in [0.15, 0.2) is 0 Å². The maximum atomic E-state index is 12.5. The van der Waals surface area contributed by atoms with Gasteiger partial charge in [-0.15, -0.1) is 0 Å². The molecule has 0 heterocycles. The van der Waals surface area contributed by atoms with Gasteiger partial charge in [0.2, 0.25) is 0 Å². The normalized spacial score (nSPS) is 51.3. The average Bonchev–Trinajstić information content (AvgIpc) is 1.80. The van der Waals surface area contributed by atoms with E-state index >= 15 is 0 Å². The summed E-state index contributed by atoms with van der Waals surface area (Å²) in [5, 5.41) is 8.69. The first-order valence-electron chi connectivity index (χ1n) is 4.12. The van der Waals surface area contributed by atoms with Crippen LogP contribution in [-0.4, -0.2) is 22.8 Å². The fraction of sp³-hybridized carbons (Fsp3) is 0.875. The summed E-state index contributed by atoms with van der Waals surface area (Å²) in [4.78, 5) is 10.6. The molecule has 0 amide bonds. The van der Waals surface area contributed by atoms with E-state index in [1.165, 1.54) is 0 Å². The topological polar surface area (TPSA) is 63.3 Å². The predicted molar refractivity (Wildman–Crippen MR) is 40.4 cm³/mol. The number of carboxylic acids is 1. The Kier molecular flexibility index (Phi) is 1.32. The third kappa shape index (κ3) is 0.874. The average molecular weight is 173 g/mol. The van der Waals surface area contributed by atoms with Crippen molar-refractivity contribution in [2.24, 2.45) is 11.1 Å². The van der Waals surface area contributed by atoms with Crippen LogP contribution in [0.1, 0.15) is 25.7 Å². The van der Waals surface area contributed by atoms with E-state index in [2.05, 4.69) is 0 Å². The van der Waals surface area contributed by atoms with Gasteiger partial charge in [0.15, 0.2) is 0 Å². The fourth-order valence-corrected chi connectivity index (χ4v) is 2.61. The number of nitrogens with two attached hydrogens (primary N) is 1. The largest absolute Gasteiger partial charge is 0.480 e. The summed E-state index contributed by atoms with van der Waals surface area (Å²) in [6.45, 7) is 0. The highest BCUT2D eigenvalue weighted by molar-refractivity contribution is 5.80. The van der Waals surface area contributed by atoms with Crippen LogP contribution < -0.4 is 5.73 Å². The third-order valence-electron chi connectivity index (χ3n) is 3.12. The molecule has 2 fully saturated rings. The van der Waals surface area contributed by atoms with Gasteiger partial charge in [-0.1, -0.05) is 0 Å². The number of rotatable bonds is 1. The standard InChI is InChI=1S/C8H12FNO2/c9-5-1-7(2-5)3-8(10,4-7)6(11)12/h5H,1-4,10H2,(H,11,12). The monoisotopic (exact) mass is 173 g/mol. The van der Waals surface area contributed by atoms with E-state index in [9.17, 15) is 9.18 Å². The number of hydrogen-bond acceptors (Lipinski definition) is 2. The molecule has 12 heavy (non-hydrogen) atoms. The van der Waals surface area contributed by atoms with Crippen molar-refractivity contribution in [2.75, 3.05) is 0 Å². The Hall–Kier alpha value is -0.640. The summed E-state index contributed by atoms with van der Waals surface area (Å²) >= 11 is 0. The second-order valence-electron chi connectivity index (χ2n) is 4.32. The van der Waals surface area contributed by atoms with Crippen molar-refractivity contribution in [3.05, 3.63) is 0 Å². The molecular formula is C8H12FNO2. The molecule has 0 atom stereocenters. The van der Waals surface area contributed by atoms with Gasteiger partial charge in [-0.2, -0.15) is 0 Å². The molecule has 0 unspecified atom stereocenters. The summed E-state index contributed by atoms with van der Waals surface area (Å²) in [6.07, 6.45) is 1.22. The van der Waals surface area contributed by atoms with Gasteiger partial charge in [-0.3, -0.25) is 4.79 Å². The van der Waals surface area contributed by atoms with Gasteiger partial charge in [0.1, 0.15) is 11.7 Å². The molecule has 0 bridgehead atoms. The van der Waals surface area contributed by atoms with E-state index in [1.807, 2.05) is 0 Å². The van der Waals surface area contributed by atoms with Crippen LogP contribution in [0.4, 0.5) is 4.39 Å². The lowest BCUT2D eigenvalue weighted by molar-refractivity contribution is -0.163. The minimum atomic E-state index is -1.06. The second-order valence-corrected chi connectivity index (χ2v) is 4.32. The lowest BCUT2D eigenvalue weighted by atomic mass is 9.48. The van der Waals surface area contributed by atoms with Crippen molar-refractivity contribution in [2.45, 2.75) is 37.4 Å². The van der Waals surface area contributed by atoms with E-state index < -0.39 is 17.7 Å². The number of carboxylic acid groups (broad SMARTS) is 1. The molecule has 2 aliphatic carbocycles. The maximum Gasteiger partial charge on any atom is 0.323 e. The number of halogens is 1. The first kappa shape index (κ1) is 7.98. The molecule has 1 spiro atoms. The van der Waals surface area contributed by atoms with E-state index in [4.69, 9.17) is 10.8 Å². The number of alkyl halides is 1. The van der Waals surface area contributed by atoms with Gasteiger partial charge in [-0.25, -0.2) is 4.39 Å². The van der Waals surface area contributed by atoms with E-state index in [1.54, 1.807) is 0 Å². The number of carbonyl (C=O) groups is 1. The van der Waals surface area contributed by atoms with Gasteiger partial charge in [0, 0.05) is 0 Å². The first-order chi connectivity index (χ1) is 5.46. The van der Waals surface area contributed by atoms with Crippen LogP contribution in [-0.2, 0) is 4.79 Å². The summed E-state index contributed by atoms with van der Waals surface area (Å²) in [7, 11) is 0. The van der Waals surface area contributed by atoms with Crippen molar-refractivity contribution in [3.63, 3.8) is 0 Å². The molecule has 0 aliphatic heterocycles. The zero-order valence-corrected chi connectivity index (χ0v) is 6.72. The molecule has 2 aliphatic rings. The maximum absolute atomic E-state index is 12.5. The Morgan fingerprint density at radius 1 is 1.50 bits per heavy atom. The summed E-state index contributed by atoms with van der Waals surface area (Å²) in [5.41, 5.74) is 4.45. The van der Waals surface area contributed by atoms with Gasteiger partial charge in [0.25, 0.3) is 0 Å². The van der Waals surface area contributed by atoms with Crippen molar-refractivity contribution in [3.8, 4) is 0 Å². The second kappa shape index (κ2) is 1.99. The van der Waals surface area contributed by atoms with Crippen LogP contribution in [0.5, 0.6) is 0 Å². The van der Waals surface area contributed by atoms with Crippen LogP contribution in [0.2, 0.25) is 0 Å². The highest BCUT2D eigenvalue weighted by Crippen LogP contribution is 2.60. The van der Waals surface area contributed by atoms with Crippen LogP contribution in [0, 0.1) is 5.41 Å². The molecule has 68 valence electrons. The van der Waals surface area contributed by atoms with Gasteiger partial charge in [0.05, 0.1) is 0 Å². The number of hydrogen-bond donors (Lipinski definition) is 2. The summed E-state index contributed by atoms with van der Waals surface area (Å²) < 4.78 is 12.5. The van der Waals surface area contributed by atoms with Gasteiger partial charge in [-0.05, 0) is 31.1 Å². The van der Waals surface area contributed by atoms with Crippen molar-refractivity contribution in [1.29, 1.82) is 0 Å². The zero-order valence-electron chi connectivity index (χ0n) is 6.72. The first-order valence-corrected chi connectivity index (χ1v) is 4.12. The number of aliphatic carboxylic acids is 1. The summed E-state index contributed by atoms with van der Waals surface area (Å²) in [5.74, 6) is -0.949. The molecule has 3 N–H and O–H groups in total. The lowest BCUT2D eigenvalue weighted by Crippen LogP contribution is -2.66. The van der Waals surface area contributed by atoms with Crippen LogP contribution >= 0.6 is 0 Å². The van der Waals surface area contributed by atoms with E-state index in [-0.39, 0.29) is 5.41 Å². The Morgan fingerprint density at radius 3 is 2.33 bits per heavy atom. The van der Waals surface area contributed by atoms with E-state index in [0.717, 1.165) is 0 Å². The summed E-state index contributed by atoms with van der Waals surface area (Å²) in [6, 6.07) is 0. The molecular weight excluding hydrogens is 161 g/mol. The van der Waals surface area contributed by atoms with E-state index in [0.29, 0.717) is 25.7 Å². The molecule has 0 aromatic rings. The quantitative estimate of drug-likeness (QED) is 0.613. The molecule has 0 radical (unpaired) electrons. The fourth-order valence-electron chi connectivity index (χ4n) is 2.61. The molecule has 2 saturated carbocycles. The highest BCUT2D eigenvalue weighted by Gasteiger charge is 2.62. The van der Waals surface area contributed by atoms with Crippen molar-refractivity contribution >= 4 is 5.97 Å². The molecule has 0 saturated heterocycles. The Morgan fingerprint density at radius 2 is 2.00 bits per heavy atom. The highest BCUT2D eigenvalue weighted by atomic mass is 19.1. The minimum absolute atomic E-state index is 0.0491.